The smallest absolute Gasteiger partial charge is 0.407 e. The lowest BCUT2D eigenvalue weighted by Crippen LogP contribution is -2.46. The van der Waals surface area contributed by atoms with Crippen molar-refractivity contribution in [1.82, 2.24) is 16.0 Å². The highest BCUT2D eigenvalue weighted by molar-refractivity contribution is 5.78. The molecule has 20 nitrogen and oxygen atoms in total. The Labute approximate surface area is 401 Å². The van der Waals surface area contributed by atoms with Gasteiger partial charge in [0.25, 0.3) is 0 Å². The summed E-state index contributed by atoms with van der Waals surface area (Å²) in [6.45, 7) is 25.4. The van der Waals surface area contributed by atoms with E-state index in [1.807, 2.05) is 45.9 Å². The zero-order valence-corrected chi connectivity index (χ0v) is 41.5. The summed E-state index contributed by atoms with van der Waals surface area (Å²) in [4.78, 5) is 67.0. The molecule has 3 aliphatic rings. The number of hydrogen-bond acceptors (Lipinski definition) is 18. The zero-order valence-electron chi connectivity index (χ0n) is 41.5. The van der Waals surface area contributed by atoms with Gasteiger partial charge in [0.1, 0.15) is 48.6 Å². The Balaban J connectivity index is 0.000000459. The zero-order chi connectivity index (χ0) is 51.7. The molecule has 4 rings (SSSR count). The number of rotatable bonds is 22. The van der Waals surface area contributed by atoms with Crippen molar-refractivity contribution in [3.63, 3.8) is 0 Å². The minimum Gasteiger partial charge on any atom is -0.445 e. The lowest BCUT2D eigenvalue weighted by Gasteiger charge is -2.24. The molecule has 0 aromatic heterocycles. The molecule has 68 heavy (non-hydrogen) atoms. The van der Waals surface area contributed by atoms with Gasteiger partial charge in [0.05, 0.1) is 50.7 Å². The second-order valence-corrected chi connectivity index (χ2v) is 17.9. The number of nitrogens with two attached hydrogens (primary N) is 1. The second kappa shape index (κ2) is 30.9. The fourth-order valence-electron chi connectivity index (χ4n) is 6.67. The number of carbonyl (C=O) groups is 6. The van der Waals surface area contributed by atoms with Crippen LogP contribution in [0, 0.1) is 0 Å². The topological polar surface area (TPSA) is 279 Å². The fraction of sp³-hybridized carbons (Fsp3) is 0.667. The van der Waals surface area contributed by atoms with E-state index < -0.39 is 54.3 Å². The number of aliphatic hydroxyl groups is 2. The van der Waals surface area contributed by atoms with Crippen LogP contribution in [0.4, 0.5) is 9.59 Å². The van der Waals surface area contributed by atoms with Crippen LogP contribution >= 0.6 is 0 Å². The predicted octanol–water partition coefficient (Wildman–Crippen LogP) is 3.72. The Kier molecular flexibility index (Phi) is 28.0. The Morgan fingerprint density at radius 3 is 1.49 bits per heavy atom. The molecular formula is C48H78N4O16. The van der Waals surface area contributed by atoms with E-state index in [9.17, 15) is 33.9 Å². The first kappa shape index (κ1) is 61.5. The number of carbonyl (C=O) groups excluding carboxylic acids is 6. The van der Waals surface area contributed by atoms with Gasteiger partial charge in [0.2, 0.25) is 0 Å². The molecule has 0 bridgehead atoms. The van der Waals surface area contributed by atoms with Crippen molar-refractivity contribution < 1.29 is 76.9 Å². The summed E-state index contributed by atoms with van der Waals surface area (Å²) in [6.07, 6.45) is 0.615. The molecule has 0 saturated carbocycles. The van der Waals surface area contributed by atoms with E-state index in [4.69, 9.17) is 44.0 Å². The number of nitrogens with one attached hydrogen (secondary N) is 3. The molecule has 1 aromatic carbocycles. The summed E-state index contributed by atoms with van der Waals surface area (Å²) in [5.74, 6) is -1.83. The lowest BCUT2D eigenvalue weighted by atomic mass is 10.0. The van der Waals surface area contributed by atoms with Crippen molar-refractivity contribution in [2.24, 2.45) is 5.73 Å². The van der Waals surface area contributed by atoms with Gasteiger partial charge in [-0.3, -0.25) is 19.2 Å². The van der Waals surface area contributed by atoms with Gasteiger partial charge < -0.3 is 69.8 Å². The Bertz CT molecular complexity index is 1740. The molecule has 0 radical (unpaired) electrons. The number of benzene rings is 1. The van der Waals surface area contributed by atoms with Crippen molar-refractivity contribution in [3.8, 4) is 0 Å². The highest BCUT2D eigenvalue weighted by Gasteiger charge is 2.40. The average Bonchev–Trinajstić information content (AvgIpc) is 3.94. The van der Waals surface area contributed by atoms with E-state index in [1.165, 1.54) is 38.5 Å². The molecule has 20 heteroatoms. The molecule has 1 aromatic rings. The lowest BCUT2D eigenvalue weighted by molar-refractivity contribution is -0.143. The predicted molar refractivity (Wildman–Crippen MR) is 251 cm³/mol. The summed E-state index contributed by atoms with van der Waals surface area (Å²) >= 11 is 0. The highest BCUT2D eigenvalue weighted by atomic mass is 16.8. The molecule has 8 atom stereocenters. The third-order valence-corrected chi connectivity index (χ3v) is 9.85. The van der Waals surface area contributed by atoms with Gasteiger partial charge >= 0.3 is 12.2 Å². The van der Waals surface area contributed by atoms with E-state index in [2.05, 4.69) is 46.0 Å². The monoisotopic (exact) mass is 967 g/mol. The molecule has 2 amide bonds. The quantitative estimate of drug-likeness (QED) is 0.0904. The molecule has 386 valence electrons. The molecule has 0 spiro atoms. The molecule has 7 N–H and O–H groups in total. The van der Waals surface area contributed by atoms with Crippen molar-refractivity contribution in [2.75, 3.05) is 39.6 Å². The van der Waals surface area contributed by atoms with E-state index in [1.54, 1.807) is 20.8 Å². The fourth-order valence-corrected chi connectivity index (χ4v) is 6.67. The van der Waals surface area contributed by atoms with Crippen LogP contribution in [0.1, 0.15) is 100 Å². The molecule has 3 aliphatic heterocycles. The van der Waals surface area contributed by atoms with Gasteiger partial charge in [-0.25, -0.2) is 9.59 Å². The summed E-state index contributed by atoms with van der Waals surface area (Å²) in [7, 11) is 0. The molecule has 3 fully saturated rings. The highest BCUT2D eigenvalue weighted by Crippen LogP contribution is 2.27. The largest absolute Gasteiger partial charge is 0.445 e. The van der Waals surface area contributed by atoms with Gasteiger partial charge in [0, 0.05) is 44.3 Å². The van der Waals surface area contributed by atoms with Crippen molar-refractivity contribution in [2.45, 2.75) is 167 Å². The third-order valence-electron chi connectivity index (χ3n) is 9.85. The van der Waals surface area contributed by atoms with Crippen LogP contribution in [0.25, 0.3) is 0 Å². The Morgan fingerprint density at radius 2 is 1.09 bits per heavy atom. The first-order valence-corrected chi connectivity index (χ1v) is 22.5. The number of hydrogen-bond donors (Lipinski definition) is 6. The molecule has 3 heterocycles. The summed E-state index contributed by atoms with van der Waals surface area (Å²) < 4.78 is 42.9. The van der Waals surface area contributed by atoms with Crippen LogP contribution in [0.3, 0.4) is 0 Å². The Morgan fingerprint density at radius 1 is 0.676 bits per heavy atom. The number of alkyl carbamates (subject to hydrolysis) is 2. The average molecular weight is 967 g/mol. The van der Waals surface area contributed by atoms with Crippen LogP contribution in [0.2, 0.25) is 0 Å². The molecule has 0 unspecified atom stereocenters. The SMILES string of the molecule is C=CCOC(=O)N[C@@H](CC(C)=O)[C@@H](O)CO.C=CCOC(=O)N[C@@H](CC(C)=O)[C@@H]1COC(C)(C)O1.CC(=O)C[C@H](N)[C@@H]1COC(C)(C)O1.CC(=O)C[C@H](NCc1ccccc1)[C@@H]1COC(C)(C)O1. The van der Waals surface area contributed by atoms with Gasteiger partial charge in [0.15, 0.2) is 17.4 Å². The number of Topliss-reactive ketones (excluding diaryl/α,β-unsaturated/α-hetero) is 4. The van der Waals surface area contributed by atoms with Crippen LogP contribution in [-0.2, 0) is 63.6 Å². The maximum atomic E-state index is 11.5. The first-order valence-electron chi connectivity index (χ1n) is 22.5. The van der Waals surface area contributed by atoms with Gasteiger partial charge in [-0.1, -0.05) is 55.6 Å². The van der Waals surface area contributed by atoms with Crippen LogP contribution in [0.5, 0.6) is 0 Å². The van der Waals surface area contributed by atoms with Crippen molar-refractivity contribution in [1.29, 1.82) is 0 Å². The van der Waals surface area contributed by atoms with E-state index >= 15 is 0 Å². The van der Waals surface area contributed by atoms with Crippen molar-refractivity contribution in [3.05, 3.63) is 61.2 Å². The minimum absolute atomic E-state index is 0.0190. The summed E-state index contributed by atoms with van der Waals surface area (Å²) in [5, 5.41) is 26.4. The summed E-state index contributed by atoms with van der Waals surface area (Å²) in [6, 6.07) is 8.56. The number of ether oxygens (including phenoxy) is 8. The van der Waals surface area contributed by atoms with Gasteiger partial charge in [-0.2, -0.15) is 0 Å². The molecule has 3 saturated heterocycles. The van der Waals surface area contributed by atoms with E-state index in [0.29, 0.717) is 32.7 Å². The number of ketones is 4. The maximum absolute atomic E-state index is 11.5. The van der Waals surface area contributed by atoms with E-state index in [0.717, 1.165) is 6.54 Å². The Hall–Kier alpha value is -4.48. The number of aliphatic hydroxyl groups excluding tert-OH is 2. The number of amides is 2. The van der Waals surface area contributed by atoms with Crippen LogP contribution in [0.15, 0.2) is 55.6 Å². The minimum atomic E-state index is -1.19. The molecule has 0 aliphatic carbocycles. The van der Waals surface area contributed by atoms with E-state index in [-0.39, 0.29) is 79.6 Å². The maximum Gasteiger partial charge on any atom is 0.407 e. The molecular weight excluding hydrogens is 889 g/mol. The summed E-state index contributed by atoms with van der Waals surface area (Å²) in [5.41, 5.74) is 6.97. The normalized spacial score (nSPS) is 21.7. The standard InChI is InChI=1S/C16H23NO3.C13H21NO5.C10H17NO5.C9H17NO3/c1-12(18)9-14(15-11-19-16(2,3)20-15)17-10-13-7-5-4-6-8-13;1-5-6-17-12(16)14-10(7-9(2)15)11-8-18-13(3,4)19-11;1-3-4-16-10(15)11-8(5-7(2)13)9(14)6-12;1-6(11)4-7(10)8-5-12-9(2,3)13-8/h4-8,14-15,17H,9-11H2,1-3H3;5,10-11H,1,6-8H2,2-4H3,(H,14,16);3,8-9,12,14H,1,4-6H2,2H3,(H,11,15);7-8H,4-5,10H2,1-3H3/t14-,15-;10-,11-;8-,9-;7-,8-/m0000/s1. The second-order valence-electron chi connectivity index (χ2n) is 17.9. The first-order chi connectivity index (χ1) is 31.7. The van der Waals surface area contributed by atoms with Crippen LogP contribution < -0.4 is 21.7 Å². The van der Waals surface area contributed by atoms with Gasteiger partial charge in [-0.05, 0) is 74.8 Å². The van der Waals surface area contributed by atoms with Crippen molar-refractivity contribution >= 4 is 35.3 Å². The van der Waals surface area contributed by atoms with Crippen LogP contribution in [-0.4, -0.2) is 151 Å². The third kappa shape index (κ3) is 26.9. The van der Waals surface area contributed by atoms with Gasteiger partial charge in [-0.15, -0.1) is 0 Å².